The average Bonchev–Trinajstić information content (AvgIpc) is 3.09. The summed E-state index contributed by atoms with van der Waals surface area (Å²) in [6.07, 6.45) is 53.3. The lowest BCUT2D eigenvalue weighted by Gasteiger charge is -2.15. The van der Waals surface area contributed by atoms with Gasteiger partial charge in [0.25, 0.3) is 0 Å². The van der Waals surface area contributed by atoms with E-state index in [0.29, 0.717) is 6.42 Å². The Morgan fingerprint density at radius 1 is 0.469 bits per heavy atom. The molecule has 0 fully saturated rings. The van der Waals surface area contributed by atoms with Crippen LogP contribution in [0.3, 0.4) is 0 Å². The minimum absolute atomic E-state index is 0.0627. The highest BCUT2D eigenvalue weighted by atomic mass is 16.5. The third kappa shape index (κ3) is 40.5. The molecule has 0 spiro atoms. The first-order valence-electron chi connectivity index (χ1n) is 21.5. The van der Waals surface area contributed by atoms with Crippen LogP contribution in [0.5, 0.6) is 0 Å². The van der Waals surface area contributed by atoms with E-state index in [0.717, 1.165) is 57.8 Å². The molecule has 4 nitrogen and oxygen atoms in total. The largest absolute Gasteiger partial charge is 0.481 e. The number of carbonyl (C=O) groups excluding carboxylic acids is 1. The molecular weight excluding hydrogens is 604 g/mol. The first-order valence-corrected chi connectivity index (χ1v) is 21.5. The number of carboxylic acid groups (broad SMARTS) is 1. The van der Waals surface area contributed by atoms with Gasteiger partial charge in [-0.05, 0) is 76.7 Å². The zero-order chi connectivity index (χ0) is 35.7. The van der Waals surface area contributed by atoms with Crippen molar-refractivity contribution in [2.45, 2.75) is 238 Å². The second kappa shape index (κ2) is 40.6. The molecule has 286 valence electrons. The summed E-state index contributed by atoms with van der Waals surface area (Å²) < 4.78 is 5.89. The molecule has 1 atom stereocenters. The molecule has 0 aromatic rings. The maximum Gasteiger partial charge on any atom is 0.306 e. The fourth-order valence-electron chi connectivity index (χ4n) is 6.36. The number of aliphatic carboxylic acids is 1. The predicted octanol–water partition coefficient (Wildman–Crippen LogP) is 15.0. The lowest BCUT2D eigenvalue weighted by atomic mass is 10.0. The molecule has 49 heavy (non-hydrogen) atoms. The van der Waals surface area contributed by atoms with Crippen LogP contribution in [0, 0.1) is 0 Å². The minimum atomic E-state index is -0.720. The van der Waals surface area contributed by atoms with Gasteiger partial charge in [0.15, 0.2) is 0 Å². The number of carbonyl (C=O) groups is 2. The lowest BCUT2D eigenvalue weighted by molar-refractivity contribution is -0.147. The molecule has 1 unspecified atom stereocenters. The zero-order valence-electron chi connectivity index (χ0n) is 32.8. The van der Waals surface area contributed by atoms with E-state index in [1.54, 1.807) is 0 Å². The lowest BCUT2D eigenvalue weighted by Crippen LogP contribution is -2.16. The maximum atomic E-state index is 12.6. The molecule has 0 saturated heterocycles. The van der Waals surface area contributed by atoms with Crippen molar-refractivity contribution in [1.82, 2.24) is 0 Å². The van der Waals surface area contributed by atoms with Crippen LogP contribution in [-0.4, -0.2) is 23.1 Å². The second-order valence-corrected chi connectivity index (χ2v) is 14.5. The van der Waals surface area contributed by atoms with Crippen LogP contribution in [0.1, 0.15) is 232 Å². The molecule has 0 amide bonds. The van der Waals surface area contributed by atoms with Gasteiger partial charge in [-0.15, -0.1) is 0 Å². The first kappa shape index (κ1) is 47.2. The Bertz CT molecular complexity index is 783. The Morgan fingerprint density at radius 3 is 1.33 bits per heavy atom. The van der Waals surface area contributed by atoms with E-state index in [4.69, 9.17) is 9.84 Å². The number of allylic oxidation sites excluding steroid dienone is 5. The van der Waals surface area contributed by atoms with Crippen molar-refractivity contribution in [3.8, 4) is 0 Å². The summed E-state index contributed by atoms with van der Waals surface area (Å²) in [5.41, 5.74) is 0. The quantitative estimate of drug-likeness (QED) is 0.0397. The number of ether oxygens (including phenoxy) is 1. The minimum Gasteiger partial charge on any atom is -0.481 e. The molecule has 0 aliphatic heterocycles. The summed E-state index contributed by atoms with van der Waals surface area (Å²) in [7, 11) is 0. The number of esters is 1. The van der Waals surface area contributed by atoms with Crippen LogP contribution in [0.4, 0.5) is 0 Å². The monoisotopic (exact) mass is 687 g/mol. The standard InChI is InChI=1S/C45H82O4/c1-3-5-7-9-11-13-14-15-16-17-18-19-20-21-22-23-24-25-26-28-30-32-38-42-45(48)49-43(40-36-33-34-37-41-44(46)47)39-35-31-29-27-12-10-8-6-4-2/h14-15,17-18,35,39,43H,3-13,16,19-34,36-38,40-42H2,1-2H3,(H,46,47)/b15-14-,18-17-,39-35-. The smallest absolute Gasteiger partial charge is 0.306 e. The normalized spacial score (nSPS) is 12.5. The van der Waals surface area contributed by atoms with Gasteiger partial charge in [0.05, 0.1) is 0 Å². The second-order valence-electron chi connectivity index (χ2n) is 14.5. The van der Waals surface area contributed by atoms with Gasteiger partial charge in [-0.3, -0.25) is 9.59 Å². The van der Waals surface area contributed by atoms with Gasteiger partial charge in [0.2, 0.25) is 0 Å². The van der Waals surface area contributed by atoms with Gasteiger partial charge in [0.1, 0.15) is 6.10 Å². The van der Waals surface area contributed by atoms with E-state index >= 15 is 0 Å². The fourth-order valence-corrected chi connectivity index (χ4v) is 6.36. The van der Waals surface area contributed by atoms with E-state index in [9.17, 15) is 9.59 Å². The van der Waals surface area contributed by atoms with E-state index in [1.807, 2.05) is 0 Å². The third-order valence-electron chi connectivity index (χ3n) is 9.57. The molecule has 0 aliphatic rings. The van der Waals surface area contributed by atoms with Gasteiger partial charge < -0.3 is 9.84 Å². The highest BCUT2D eigenvalue weighted by molar-refractivity contribution is 5.69. The van der Waals surface area contributed by atoms with Gasteiger partial charge in [-0.1, -0.05) is 179 Å². The number of hydrogen-bond acceptors (Lipinski definition) is 3. The zero-order valence-corrected chi connectivity index (χ0v) is 32.8. The Balaban J connectivity index is 3.85. The summed E-state index contributed by atoms with van der Waals surface area (Å²) in [6, 6.07) is 0. The molecule has 0 aromatic heterocycles. The van der Waals surface area contributed by atoms with Crippen molar-refractivity contribution in [3.63, 3.8) is 0 Å². The number of hydrogen-bond donors (Lipinski definition) is 1. The van der Waals surface area contributed by atoms with E-state index in [-0.39, 0.29) is 18.5 Å². The van der Waals surface area contributed by atoms with Crippen molar-refractivity contribution in [2.75, 3.05) is 0 Å². The van der Waals surface area contributed by atoms with Crippen molar-refractivity contribution >= 4 is 11.9 Å². The Kier molecular flexibility index (Phi) is 39.1. The molecule has 0 radical (unpaired) electrons. The van der Waals surface area contributed by atoms with Crippen molar-refractivity contribution < 1.29 is 19.4 Å². The van der Waals surface area contributed by atoms with E-state index < -0.39 is 5.97 Å². The van der Waals surface area contributed by atoms with Crippen LogP contribution < -0.4 is 0 Å². The van der Waals surface area contributed by atoms with Gasteiger partial charge >= 0.3 is 11.9 Å². The fraction of sp³-hybridized carbons (Fsp3) is 0.822. The molecule has 0 aliphatic carbocycles. The molecule has 0 aromatic carbocycles. The molecule has 0 heterocycles. The number of unbranched alkanes of at least 4 members (excludes halogenated alkanes) is 26. The van der Waals surface area contributed by atoms with E-state index in [1.165, 1.54) is 148 Å². The SMILES string of the molecule is CCCCCCC/C=C\C/C=C\CCCCCCCCCCCCCC(=O)OC(/C=C\CCCCCCCCC)CCCCCCC(=O)O. The predicted molar refractivity (Wildman–Crippen MR) is 213 cm³/mol. The van der Waals surface area contributed by atoms with Crippen LogP contribution in [-0.2, 0) is 14.3 Å². The Morgan fingerprint density at radius 2 is 0.857 bits per heavy atom. The van der Waals surface area contributed by atoms with Crippen LogP contribution in [0.2, 0.25) is 0 Å². The van der Waals surface area contributed by atoms with E-state index in [2.05, 4.69) is 50.3 Å². The van der Waals surface area contributed by atoms with Crippen LogP contribution in [0.25, 0.3) is 0 Å². The molecule has 1 N–H and O–H groups in total. The molecule has 0 bridgehead atoms. The van der Waals surface area contributed by atoms with Crippen molar-refractivity contribution in [2.24, 2.45) is 0 Å². The Hall–Kier alpha value is -1.84. The number of rotatable bonds is 39. The molecule has 4 heteroatoms. The van der Waals surface area contributed by atoms with Gasteiger partial charge in [-0.25, -0.2) is 0 Å². The third-order valence-corrected chi connectivity index (χ3v) is 9.57. The summed E-state index contributed by atoms with van der Waals surface area (Å²) >= 11 is 0. The van der Waals surface area contributed by atoms with Crippen molar-refractivity contribution in [1.29, 1.82) is 0 Å². The molecule has 0 saturated carbocycles. The first-order chi connectivity index (χ1) is 24.1. The van der Waals surface area contributed by atoms with Crippen molar-refractivity contribution in [3.05, 3.63) is 36.5 Å². The molecule has 0 rings (SSSR count). The van der Waals surface area contributed by atoms with Crippen LogP contribution >= 0.6 is 0 Å². The summed E-state index contributed by atoms with van der Waals surface area (Å²) in [5.74, 6) is -0.783. The highest BCUT2D eigenvalue weighted by Crippen LogP contribution is 2.16. The Labute approximate surface area is 305 Å². The summed E-state index contributed by atoms with van der Waals surface area (Å²) in [5, 5.41) is 8.84. The van der Waals surface area contributed by atoms with Gasteiger partial charge in [0, 0.05) is 12.8 Å². The summed E-state index contributed by atoms with van der Waals surface area (Å²) in [4.78, 5) is 23.4. The maximum absolute atomic E-state index is 12.6. The average molecular weight is 687 g/mol. The topological polar surface area (TPSA) is 63.6 Å². The summed E-state index contributed by atoms with van der Waals surface area (Å²) in [6.45, 7) is 4.53. The molecular formula is C45H82O4. The van der Waals surface area contributed by atoms with Crippen LogP contribution in [0.15, 0.2) is 36.5 Å². The number of carboxylic acids is 1. The highest BCUT2D eigenvalue weighted by Gasteiger charge is 2.11. The van der Waals surface area contributed by atoms with Gasteiger partial charge in [-0.2, -0.15) is 0 Å².